The second kappa shape index (κ2) is 6.59. The van der Waals surface area contributed by atoms with Crippen molar-refractivity contribution < 1.29 is 18.4 Å². The van der Waals surface area contributed by atoms with Crippen molar-refractivity contribution >= 4 is 39.3 Å². The van der Waals surface area contributed by atoms with Crippen LogP contribution >= 0.6 is 0 Å². The lowest BCUT2D eigenvalue weighted by molar-refractivity contribution is 0.0926. The third kappa shape index (κ3) is 2.53. The summed E-state index contributed by atoms with van der Waals surface area (Å²) >= 11 is 0. The molecule has 0 spiro atoms. The van der Waals surface area contributed by atoms with Crippen LogP contribution in [-0.4, -0.2) is 16.4 Å². The van der Waals surface area contributed by atoms with Gasteiger partial charge in [-0.3, -0.25) is 9.59 Å². The fraction of sp³-hybridized carbons (Fsp3) is 0. The van der Waals surface area contributed by atoms with Crippen molar-refractivity contribution in [2.75, 3.05) is 4.90 Å². The fourth-order valence-corrected chi connectivity index (χ4v) is 4.42. The number of amides is 2. The summed E-state index contributed by atoms with van der Waals surface area (Å²) in [6.45, 7) is 0. The number of imide groups is 1. The molecule has 0 unspecified atom stereocenters. The standard InChI is InChI=1S/C26H14F2N2O2/c27-15-5-11-23-21(13-15)22-14-16(28)6-12-24(22)29(23)17-7-9-18(10-8-17)30-25(31)19-3-1-2-4-20(19)26(30)32/h1-14H. The molecule has 4 aromatic carbocycles. The van der Waals surface area contributed by atoms with E-state index in [1.54, 1.807) is 60.7 Å². The molecule has 2 amide bonds. The van der Waals surface area contributed by atoms with Crippen molar-refractivity contribution in [3.63, 3.8) is 0 Å². The molecular weight excluding hydrogens is 410 g/mol. The maximum atomic E-state index is 13.9. The molecule has 1 aliphatic heterocycles. The van der Waals surface area contributed by atoms with Crippen molar-refractivity contribution in [2.24, 2.45) is 0 Å². The lowest BCUT2D eigenvalue weighted by Gasteiger charge is -2.15. The number of carbonyl (C=O) groups excluding carboxylic acids is 2. The van der Waals surface area contributed by atoms with Crippen molar-refractivity contribution in [3.8, 4) is 5.69 Å². The maximum absolute atomic E-state index is 13.9. The van der Waals surface area contributed by atoms with Crippen LogP contribution in [0.4, 0.5) is 14.5 Å². The summed E-state index contributed by atoms with van der Waals surface area (Å²) in [5.41, 5.74) is 3.41. The van der Waals surface area contributed by atoms with Gasteiger partial charge in [0, 0.05) is 16.5 Å². The quantitative estimate of drug-likeness (QED) is 0.333. The second-order valence-electron chi connectivity index (χ2n) is 7.67. The first-order valence-electron chi connectivity index (χ1n) is 10.0. The minimum Gasteiger partial charge on any atom is -0.309 e. The molecule has 4 nitrogen and oxygen atoms in total. The molecule has 0 aliphatic carbocycles. The van der Waals surface area contributed by atoms with E-state index in [1.807, 2.05) is 4.57 Å². The summed E-state index contributed by atoms with van der Waals surface area (Å²) in [6, 6.07) is 22.5. The zero-order valence-corrected chi connectivity index (χ0v) is 16.5. The summed E-state index contributed by atoms with van der Waals surface area (Å²) in [7, 11) is 0. The molecule has 0 saturated carbocycles. The van der Waals surface area contributed by atoms with Crippen molar-refractivity contribution in [1.29, 1.82) is 0 Å². The highest BCUT2D eigenvalue weighted by Crippen LogP contribution is 2.34. The van der Waals surface area contributed by atoms with Crippen molar-refractivity contribution in [2.45, 2.75) is 0 Å². The van der Waals surface area contributed by atoms with Gasteiger partial charge in [0.1, 0.15) is 11.6 Å². The third-order valence-corrected chi connectivity index (χ3v) is 5.85. The Hall–Kier alpha value is -4.32. The highest BCUT2D eigenvalue weighted by Gasteiger charge is 2.36. The van der Waals surface area contributed by atoms with E-state index in [2.05, 4.69) is 0 Å². The minimum absolute atomic E-state index is 0.360. The molecule has 32 heavy (non-hydrogen) atoms. The van der Waals surface area contributed by atoms with Gasteiger partial charge in [-0.1, -0.05) is 12.1 Å². The molecule has 0 radical (unpaired) electrons. The average Bonchev–Trinajstić information content (AvgIpc) is 3.25. The first kappa shape index (κ1) is 18.4. The van der Waals surface area contributed by atoms with Gasteiger partial charge in [-0.15, -0.1) is 0 Å². The van der Waals surface area contributed by atoms with Gasteiger partial charge in [-0.05, 0) is 72.8 Å². The van der Waals surface area contributed by atoms with Crippen LogP contribution in [0, 0.1) is 11.6 Å². The largest absolute Gasteiger partial charge is 0.309 e. The number of rotatable bonds is 2. The molecule has 0 fully saturated rings. The third-order valence-electron chi connectivity index (χ3n) is 5.85. The van der Waals surface area contributed by atoms with Crippen molar-refractivity contribution in [1.82, 2.24) is 4.57 Å². The highest BCUT2D eigenvalue weighted by atomic mass is 19.1. The predicted octanol–water partition coefficient (Wildman–Crippen LogP) is 5.86. The Morgan fingerprint density at radius 3 is 1.53 bits per heavy atom. The predicted molar refractivity (Wildman–Crippen MR) is 118 cm³/mol. The van der Waals surface area contributed by atoms with Gasteiger partial charge in [0.25, 0.3) is 11.8 Å². The van der Waals surface area contributed by atoms with Crippen LogP contribution in [0.1, 0.15) is 20.7 Å². The van der Waals surface area contributed by atoms with E-state index in [-0.39, 0.29) is 11.8 Å². The van der Waals surface area contributed by atoms with E-state index < -0.39 is 11.6 Å². The Morgan fingerprint density at radius 1 is 0.562 bits per heavy atom. The lowest BCUT2D eigenvalue weighted by Crippen LogP contribution is -2.29. The Balaban J connectivity index is 1.49. The number of hydrogen-bond acceptors (Lipinski definition) is 2. The van der Waals surface area contributed by atoms with Crippen LogP contribution < -0.4 is 4.90 Å². The number of benzene rings is 4. The molecule has 1 aliphatic rings. The Kier molecular flexibility index (Phi) is 3.80. The summed E-state index contributed by atoms with van der Waals surface area (Å²) < 4.78 is 29.7. The first-order valence-corrected chi connectivity index (χ1v) is 10.0. The number of hydrogen-bond donors (Lipinski definition) is 0. The Bertz CT molecular complexity index is 1490. The lowest BCUT2D eigenvalue weighted by atomic mass is 10.1. The summed E-state index contributed by atoms with van der Waals surface area (Å²) in [4.78, 5) is 26.7. The average molecular weight is 424 g/mol. The Morgan fingerprint density at radius 2 is 1.03 bits per heavy atom. The highest BCUT2D eigenvalue weighted by molar-refractivity contribution is 6.34. The van der Waals surface area contributed by atoms with Crippen LogP contribution in [0.3, 0.4) is 0 Å². The smallest absolute Gasteiger partial charge is 0.266 e. The zero-order chi connectivity index (χ0) is 22.0. The number of halogens is 2. The zero-order valence-electron chi connectivity index (χ0n) is 16.5. The normalized spacial score (nSPS) is 13.4. The number of carbonyl (C=O) groups is 2. The van der Waals surface area contributed by atoms with E-state index in [9.17, 15) is 18.4 Å². The Labute approximate surface area is 180 Å². The second-order valence-corrected chi connectivity index (χ2v) is 7.67. The van der Waals surface area contributed by atoms with E-state index >= 15 is 0 Å². The van der Waals surface area contributed by atoms with E-state index in [0.717, 1.165) is 21.6 Å². The molecule has 0 bridgehead atoms. The summed E-state index contributed by atoms with van der Waals surface area (Å²) in [5.74, 6) is -1.52. The molecule has 6 rings (SSSR count). The summed E-state index contributed by atoms with van der Waals surface area (Å²) in [6.07, 6.45) is 0. The molecule has 2 heterocycles. The fourth-order valence-electron chi connectivity index (χ4n) is 4.42. The van der Waals surface area contributed by atoms with Gasteiger partial charge < -0.3 is 4.57 Å². The number of nitrogens with zero attached hydrogens (tertiary/aromatic N) is 2. The molecule has 154 valence electrons. The van der Waals surface area contributed by atoms with Crippen LogP contribution in [0.2, 0.25) is 0 Å². The molecule has 0 atom stereocenters. The minimum atomic E-state index is -0.401. The topological polar surface area (TPSA) is 42.3 Å². The first-order chi connectivity index (χ1) is 15.5. The van der Waals surface area contributed by atoms with E-state index in [1.165, 1.54) is 24.3 Å². The van der Waals surface area contributed by atoms with Gasteiger partial charge in [-0.25, -0.2) is 13.7 Å². The number of aromatic nitrogens is 1. The van der Waals surface area contributed by atoms with Crippen LogP contribution in [0.5, 0.6) is 0 Å². The monoisotopic (exact) mass is 424 g/mol. The molecule has 5 aromatic rings. The summed E-state index contributed by atoms with van der Waals surface area (Å²) in [5, 5.41) is 1.20. The van der Waals surface area contributed by atoms with E-state index in [4.69, 9.17) is 0 Å². The molecule has 0 N–H and O–H groups in total. The van der Waals surface area contributed by atoms with Crippen molar-refractivity contribution in [3.05, 3.63) is 108 Å². The van der Waals surface area contributed by atoms with Gasteiger partial charge in [0.05, 0.1) is 27.8 Å². The molecule has 0 saturated heterocycles. The van der Waals surface area contributed by atoms with Crippen LogP contribution in [0.25, 0.3) is 27.5 Å². The molecule has 6 heteroatoms. The molecular formula is C26H14F2N2O2. The molecule has 1 aromatic heterocycles. The SMILES string of the molecule is O=C1c2ccccc2C(=O)N1c1ccc(-n2c3ccc(F)cc3c3cc(F)ccc32)cc1. The van der Waals surface area contributed by atoms with Gasteiger partial charge in [0.2, 0.25) is 0 Å². The number of anilines is 1. The van der Waals surface area contributed by atoms with Crippen LogP contribution in [0.15, 0.2) is 84.9 Å². The maximum Gasteiger partial charge on any atom is 0.266 e. The van der Waals surface area contributed by atoms with Gasteiger partial charge in [-0.2, -0.15) is 0 Å². The van der Waals surface area contributed by atoms with Crippen LogP contribution in [-0.2, 0) is 0 Å². The van der Waals surface area contributed by atoms with E-state index in [0.29, 0.717) is 27.6 Å². The van der Waals surface area contributed by atoms with Gasteiger partial charge >= 0.3 is 0 Å². The number of fused-ring (bicyclic) bond motifs is 4. The van der Waals surface area contributed by atoms with Gasteiger partial charge in [0.15, 0.2) is 0 Å².